The van der Waals surface area contributed by atoms with Gasteiger partial charge in [0.25, 0.3) is 0 Å². The fourth-order valence-corrected chi connectivity index (χ4v) is 3.16. The molecule has 0 saturated carbocycles. The second-order valence-corrected chi connectivity index (χ2v) is 6.55. The quantitative estimate of drug-likeness (QED) is 0.827. The fourth-order valence-electron chi connectivity index (χ4n) is 1.96. The standard InChI is InChI=1S/C16H20N2O2S/c1-2-17-12-14-8-10-15(11-9-14)13-21(19,20)18-16-6-4-3-5-7-16/h3-11,17-18H,2,12-13H2,1H3. The molecule has 112 valence electrons. The van der Waals surface area contributed by atoms with Gasteiger partial charge in [0, 0.05) is 12.2 Å². The van der Waals surface area contributed by atoms with Crippen LogP contribution in [0.3, 0.4) is 0 Å². The molecular weight excluding hydrogens is 284 g/mol. The van der Waals surface area contributed by atoms with Crippen molar-refractivity contribution < 1.29 is 8.42 Å². The molecule has 2 rings (SSSR count). The normalized spacial score (nSPS) is 11.3. The van der Waals surface area contributed by atoms with Crippen LogP contribution in [-0.2, 0) is 22.3 Å². The number of benzene rings is 2. The molecule has 0 saturated heterocycles. The summed E-state index contributed by atoms with van der Waals surface area (Å²) < 4.78 is 26.8. The Hall–Kier alpha value is -1.85. The molecule has 0 heterocycles. The molecule has 0 bridgehead atoms. The Kier molecular flexibility index (Phi) is 5.36. The van der Waals surface area contributed by atoms with E-state index in [1.165, 1.54) is 0 Å². The second kappa shape index (κ2) is 7.24. The van der Waals surface area contributed by atoms with Gasteiger partial charge in [-0.15, -0.1) is 0 Å². The average Bonchev–Trinajstić information content (AvgIpc) is 2.47. The van der Waals surface area contributed by atoms with Gasteiger partial charge in [-0.1, -0.05) is 49.4 Å². The lowest BCUT2D eigenvalue weighted by molar-refractivity contribution is 0.600. The predicted molar refractivity (Wildman–Crippen MR) is 86.5 cm³/mol. The van der Waals surface area contributed by atoms with Crippen LogP contribution in [0.2, 0.25) is 0 Å². The van der Waals surface area contributed by atoms with E-state index in [0.29, 0.717) is 5.69 Å². The predicted octanol–water partition coefficient (Wildman–Crippen LogP) is 2.74. The minimum atomic E-state index is -3.38. The summed E-state index contributed by atoms with van der Waals surface area (Å²) in [7, 11) is -3.38. The summed E-state index contributed by atoms with van der Waals surface area (Å²) >= 11 is 0. The summed E-state index contributed by atoms with van der Waals surface area (Å²) in [5.74, 6) is -0.0244. The van der Waals surface area contributed by atoms with Crippen molar-refractivity contribution in [3.8, 4) is 0 Å². The molecule has 21 heavy (non-hydrogen) atoms. The molecule has 0 aliphatic rings. The van der Waals surface area contributed by atoms with Crippen molar-refractivity contribution in [3.05, 3.63) is 65.7 Å². The Morgan fingerprint density at radius 1 is 0.905 bits per heavy atom. The lowest BCUT2D eigenvalue weighted by atomic mass is 10.1. The number of anilines is 1. The van der Waals surface area contributed by atoms with Crippen LogP contribution in [0.1, 0.15) is 18.1 Å². The van der Waals surface area contributed by atoms with E-state index in [0.717, 1.165) is 24.2 Å². The largest absolute Gasteiger partial charge is 0.313 e. The molecule has 2 aromatic rings. The van der Waals surface area contributed by atoms with Gasteiger partial charge in [0.05, 0.1) is 5.75 Å². The van der Waals surface area contributed by atoms with E-state index in [1.54, 1.807) is 24.3 Å². The lowest BCUT2D eigenvalue weighted by Crippen LogP contribution is -2.15. The van der Waals surface area contributed by atoms with Gasteiger partial charge in [0.15, 0.2) is 0 Å². The Bertz CT molecular complexity index is 652. The summed E-state index contributed by atoms with van der Waals surface area (Å²) in [6, 6.07) is 16.5. The lowest BCUT2D eigenvalue weighted by Gasteiger charge is -2.08. The van der Waals surface area contributed by atoms with E-state index in [2.05, 4.69) is 17.0 Å². The van der Waals surface area contributed by atoms with E-state index < -0.39 is 10.0 Å². The molecule has 0 aliphatic carbocycles. The third-order valence-corrected chi connectivity index (χ3v) is 4.27. The van der Waals surface area contributed by atoms with Crippen LogP contribution >= 0.6 is 0 Å². The van der Waals surface area contributed by atoms with Gasteiger partial charge in [-0.25, -0.2) is 8.42 Å². The molecule has 2 N–H and O–H groups in total. The zero-order chi connectivity index (χ0) is 15.1. The van der Waals surface area contributed by atoms with Crippen LogP contribution in [0.5, 0.6) is 0 Å². The van der Waals surface area contributed by atoms with E-state index in [1.807, 2.05) is 30.3 Å². The summed E-state index contributed by atoms with van der Waals surface area (Å²) in [5.41, 5.74) is 2.51. The van der Waals surface area contributed by atoms with Crippen molar-refractivity contribution in [2.24, 2.45) is 0 Å². The molecule has 2 aromatic carbocycles. The molecule has 0 aromatic heterocycles. The van der Waals surface area contributed by atoms with Crippen molar-refractivity contribution in [1.82, 2.24) is 5.32 Å². The number of hydrogen-bond acceptors (Lipinski definition) is 3. The first-order chi connectivity index (χ1) is 10.1. The van der Waals surface area contributed by atoms with Gasteiger partial charge in [0.2, 0.25) is 10.0 Å². The zero-order valence-corrected chi connectivity index (χ0v) is 12.9. The number of sulfonamides is 1. The highest BCUT2D eigenvalue weighted by molar-refractivity contribution is 7.91. The molecule has 5 heteroatoms. The monoisotopic (exact) mass is 304 g/mol. The van der Waals surface area contributed by atoms with E-state index in [4.69, 9.17) is 0 Å². The minimum Gasteiger partial charge on any atom is -0.313 e. The SMILES string of the molecule is CCNCc1ccc(CS(=O)(=O)Nc2ccccc2)cc1. The van der Waals surface area contributed by atoms with Crippen LogP contribution in [0.15, 0.2) is 54.6 Å². The highest BCUT2D eigenvalue weighted by atomic mass is 32.2. The fraction of sp³-hybridized carbons (Fsp3) is 0.250. The maximum Gasteiger partial charge on any atom is 0.236 e. The van der Waals surface area contributed by atoms with E-state index >= 15 is 0 Å². The number of hydrogen-bond donors (Lipinski definition) is 2. The highest BCUT2D eigenvalue weighted by Gasteiger charge is 2.11. The third-order valence-electron chi connectivity index (χ3n) is 3.01. The van der Waals surface area contributed by atoms with Gasteiger partial charge in [-0.2, -0.15) is 0 Å². The number of rotatable bonds is 7. The minimum absolute atomic E-state index is 0.0244. The zero-order valence-electron chi connectivity index (χ0n) is 12.0. The smallest absolute Gasteiger partial charge is 0.236 e. The maximum absolute atomic E-state index is 12.1. The number of nitrogens with one attached hydrogen (secondary N) is 2. The molecule has 0 unspecified atom stereocenters. The Balaban J connectivity index is 2.00. The molecule has 0 aliphatic heterocycles. The van der Waals surface area contributed by atoms with Gasteiger partial charge in [-0.3, -0.25) is 4.72 Å². The highest BCUT2D eigenvalue weighted by Crippen LogP contribution is 2.13. The summed E-state index contributed by atoms with van der Waals surface area (Å²) in [4.78, 5) is 0. The Morgan fingerprint density at radius 2 is 1.52 bits per heavy atom. The number of para-hydroxylation sites is 1. The van der Waals surface area contributed by atoms with Crippen LogP contribution in [0.4, 0.5) is 5.69 Å². The van der Waals surface area contributed by atoms with Crippen molar-refractivity contribution in [2.75, 3.05) is 11.3 Å². The summed E-state index contributed by atoms with van der Waals surface area (Å²) in [6.07, 6.45) is 0. The molecule has 0 atom stereocenters. The Morgan fingerprint density at radius 3 is 2.14 bits per heavy atom. The van der Waals surface area contributed by atoms with Crippen molar-refractivity contribution in [1.29, 1.82) is 0 Å². The average molecular weight is 304 g/mol. The third kappa shape index (κ3) is 5.21. The molecule has 0 spiro atoms. The van der Waals surface area contributed by atoms with Crippen molar-refractivity contribution >= 4 is 15.7 Å². The van der Waals surface area contributed by atoms with Crippen molar-refractivity contribution in [2.45, 2.75) is 19.2 Å². The van der Waals surface area contributed by atoms with E-state index in [-0.39, 0.29) is 5.75 Å². The van der Waals surface area contributed by atoms with Gasteiger partial charge in [-0.05, 0) is 29.8 Å². The Labute approximate surface area is 126 Å². The molecule has 0 amide bonds. The van der Waals surface area contributed by atoms with Crippen molar-refractivity contribution in [3.63, 3.8) is 0 Å². The van der Waals surface area contributed by atoms with E-state index in [9.17, 15) is 8.42 Å². The summed E-state index contributed by atoms with van der Waals surface area (Å²) in [6.45, 7) is 3.76. The van der Waals surface area contributed by atoms with Crippen LogP contribution < -0.4 is 10.0 Å². The topological polar surface area (TPSA) is 58.2 Å². The van der Waals surface area contributed by atoms with Gasteiger partial charge >= 0.3 is 0 Å². The molecule has 0 radical (unpaired) electrons. The van der Waals surface area contributed by atoms with Crippen LogP contribution in [-0.4, -0.2) is 15.0 Å². The molecule has 4 nitrogen and oxygen atoms in total. The van der Waals surface area contributed by atoms with Crippen LogP contribution in [0, 0.1) is 0 Å². The second-order valence-electron chi connectivity index (χ2n) is 4.82. The first-order valence-corrected chi connectivity index (χ1v) is 8.58. The first kappa shape index (κ1) is 15.5. The molecular formula is C16H20N2O2S. The van der Waals surface area contributed by atoms with Gasteiger partial charge < -0.3 is 5.32 Å². The van der Waals surface area contributed by atoms with Crippen LogP contribution in [0.25, 0.3) is 0 Å². The summed E-state index contributed by atoms with van der Waals surface area (Å²) in [5, 5.41) is 3.23. The molecule has 0 fully saturated rings. The first-order valence-electron chi connectivity index (χ1n) is 6.93. The van der Waals surface area contributed by atoms with Gasteiger partial charge in [0.1, 0.15) is 0 Å². The maximum atomic E-state index is 12.1.